The van der Waals surface area contributed by atoms with Gasteiger partial charge in [-0.2, -0.15) is 5.10 Å². The van der Waals surface area contributed by atoms with E-state index < -0.39 is 11.9 Å². The smallest absolute Gasteiger partial charge is 0.264 e. The molecule has 10 heteroatoms. The summed E-state index contributed by atoms with van der Waals surface area (Å²) in [6, 6.07) is 17.9. The van der Waals surface area contributed by atoms with Crippen LogP contribution in [0.25, 0.3) is 22.1 Å². The molecule has 2 aromatic carbocycles. The Morgan fingerprint density at radius 3 is 2.59 bits per heavy atom. The number of nitrogens with one attached hydrogen (secondary N) is 1. The van der Waals surface area contributed by atoms with Crippen LogP contribution < -0.4 is 16.6 Å². The van der Waals surface area contributed by atoms with Crippen LogP contribution in [0, 0.1) is 18.8 Å². The average molecular weight is 543 g/mol. The van der Waals surface area contributed by atoms with Gasteiger partial charge in [-0.1, -0.05) is 42.2 Å². The number of nitrogens with zero attached hydrogens (tertiary/aromatic N) is 6. The normalized spacial score (nSPS) is 11.8. The number of carbonyl (C=O) groups excluding carboxylic acids is 1. The Bertz CT molecular complexity index is 2080. The van der Waals surface area contributed by atoms with Gasteiger partial charge in [-0.25, -0.2) is 9.50 Å². The molecule has 202 valence electrons. The number of pyridine rings is 1. The Morgan fingerprint density at radius 1 is 1.05 bits per heavy atom. The molecule has 1 unspecified atom stereocenters. The van der Waals surface area contributed by atoms with E-state index in [1.54, 1.807) is 33.9 Å². The highest BCUT2D eigenvalue weighted by molar-refractivity contribution is 6.04. The van der Waals surface area contributed by atoms with Crippen molar-refractivity contribution in [3.8, 4) is 17.5 Å². The van der Waals surface area contributed by atoms with Gasteiger partial charge in [0.1, 0.15) is 5.56 Å². The van der Waals surface area contributed by atoms with E-state index in [9.17, 15) is 9.59 Å². The summed E-state index contributed by atoms with van der Waals surface area (Å²) >= 11 is 0. The van der Waals surface area contributed by atoms with E-state index in [4.69, 9.17) is 5.73 Å². The van der Waals surface area contributed by atoms with Crippen LogP contribution in [0.1, 0.15) is 45.8 Å². The number of rotatable bonds is 4. The molecule has 4 aromatic heterocycles. The van der Waals surface area contributed by atoms with Crippen molar-refractivity contribution in [1.82, 2.24) is 34.3 Å². The molecule has 6 aromatic rings. The van der Waals surface area contributed by atoms with E-state index in [0.717, 1.165) is 11.3 Å². The Hall–Kier alpha value is -5.69. The van der Waals surface area contributed by atoms with E-state index in [1.165, 1.54) is 4.52 Å². The topological polar surface area (TPSA) is 125 Å². The van der Waals surface area contributed by atoms with E-state index >= 15 is 0 Å². The number of nitrogen functional groups attached to an aromatic ring is 1. The molecular weight excluding hydrogens is 516 g/mol. The maximum Gasteiger partial charge on any atom is 0.264 e. The molecule has 1 atom stereocenters. The number of aryl methyl sites for hydroxylation is 1. The summed E-state index contributed by atoms with van der Waals surface area (Å²) in [5.74, 6) is 5.97. The molecule has 0 aliphatic heterocycles. The zero-order valence-corrected chi connectivity index (χ0v) is 22.7. The largest absolute Gasteiger partial charge is 0.381 e. The van der Waals surface area contributed by atoms with Gasteiger partial charge in [0.05, 0.1) is 28.9 Å². The third-order valence-electron chi connectivity index (χ3n) is 7.10. The van der Waals surface area contributed by atoms with Gasteiger partial charge in [0, 0.05) is 36.4 Å². The first kappa shape index (κ1) is 25.6. The van der Waals surface area contributed by atoms with E-state index in [0.29, 0.717) is 33.4 Å². The van der Waals surface area contributed by atoms with Crippen LogP contribution in [0.15, 0.2) is 84.0 Å². The van der Waals surface area contributed by atoms with Crippen LogP contribution in [-0.4, -0.2) is 34.9 Å². The average Bonchev–Trinajstić information content (AvgIpc) is 3.49. The lowest BCUT2D eigenvalue weighted by Crippen LogP contribution is -2.32. The monoisotopic (exact) mass is 542 g/mol. The zero-order chi connectivity index (χ0) is 28.7. The van der Waals surface area contributed by atoms with Crippen LogP contribution in [0.5, 0.6) is 0 Å². The summed E-state index contributed by atoms with van der Waals surface area (Å²) in [6.45, 7) is 3.77. The van der Waals surface area contributed by atoms with Crippen LogP contribution in [0.4, 0.5) is 5.82 Å². The summed E-state index contributed by atoms with van der Waals surface area (Å²) in [6.07, 6.45) is 4.96. The predicted molar refractivity (Wildman–Crippen MR) is 157 cm³/mol. The third kappa shape index (κ3) is 4.49. The molecule has 41 heavy (non-hydrogen) atoms. The number of fused-ring (bicyclic) bond motifs is 2. The molecule has 0 aliphatic rings. The molecule has 0 spiro atoms. The first-order chi connectivity index (χ1) is 19.8. The minimum absolute atomic E-state index is 0.0689. The lowest BCUT2D eigenvalue weighted by atomic mass is 10.0. The molecule has 4 heterocycles. The van der Waals surface area contributed by atoms with Gasteiger partial charge in [0.25, 0.3) is 11.5 Å². The molecule has 6 rings (SSSR count). The lowest BCUT2D eigenvalue weighted by molar-refractivity contribution is 0.0941. The Labute approximate surface area is 235 Å². The van der Waals surface area contributed by atoms with Crippen molar-refractivity contribution < 1.29 is 4.79 Å². The standard InChI is InChI=1S/C31H26N8O2/c1-19(35-30(40)27-28(32)36-38-16-8-15-33-29(27)38)25-17-22-10-7-9-21(13-14-23-18-34-37(3)20(23)2)26(22)31(41)39(25)24-11-5-4-6-12-24/h4-12,15-19H,1-3H3,(H2,32,36)(H,35,40). The third-order valence-corrected chi connectivity index (χ3v) is 7.10. The fraction of sp³-hybridized carbons (Fsp3) is 0.129. The predicted octanol–water partition coefficient (Wildman–Crippen LogP) is 3.55. The van der Waals surface area contributed by atoms with Gasteiger partial charge in [-0.05, 0) is 49.6 Å². The molecule has 0 fully saturated rings. The van der Waals surface area contributed by atoms with Crippen LogP contribution in [-0.2, 0) is 7.05 Å². The van der Waals surface area contributed by atoms with Gasteiger partial charge < -0.3 is 11.1 Å². The number of nitrogens with two attached hydrogens (primary N) is 1. The van der Waals surface area contributed by atoms with Gasteiger partial charge in [0.2, 0.25) is 0 Å². The van der Waals surface area contributed by atoms with E-state index in [-0.39, 0.29) is 16.9 Å². The minimum Gasteiger partial charge on any atom is -0.381 e. The first-order valence-electron chi connectivity index (χ1n) is 13.0. The van der Waals surface area contributed by atoms with E-state index in [1.807, 2.05) is 75.5 Å². The Balaban J connectivity index is 1.48. The summed E-state index contributed by atoms with van der Waals surface area (Å²) in [4.78, 5) is 31.9. The molecule has 0 saturated carbocycles. The second kappa shape index (κ2) is 10.1. The summed E-state index contributed by atoms with van der Waals surface area (Å²) in [5.41, 5.74) is 9.96. The molecule has 0 radical (unpaired) electrons. The number of aromatic nitrogens is 6. The van der Waals surface area contributed by atoms with Crippen molar-refractivity contribution in [1.29, 1.82) is 0 Å². The maximum atomic E-state index is 14.2. The SMILES string of the molecule is Cc1c(C#Cc2cccc3cc(C(C)NC(=O)c4c(N)nn5cccnc45)n(-c4ccccc4)c(=O)c23)cnn1C. The van der Waals surface area contributed by atoms with Crippen molar-refractivity contribution in [2.75, 3.05) is 5.73 Å². The molecule has 3 N–H and O–H groups in total. The van der Waals surface area contributed by atoms with Crippen LogP contribution >= 0.6 is 0 Å². The number of hydrogen-bond acceptors (Lipinski definition) is 6. The van der Waals surface area contributed by atoms with Crippen LogP contribution in [0.2, 0.25) is 0 Å². The molecule has 0 aliphatic carbocycles. The molecule has 1 amide bonds. The van der Waals surface area contributed by atoms with Crippen molar-refractivity contribution in [2.45, 2.75) is 19.9 Å². The first-order valence-corrected chi connectivity index (χ1v) is 13.0. The second-order valence-electron chi connectivity index (χ2n) is 9.68. The molecular formula is C31H26N8O2. The van der Waals surface area contributed by atoms with E-state index in [2.05, 4.69) is 32.3 Å². The Kier molecular flexibility index (Phi) is 6.32. The highest BCUT2D eigenvalue weighted by Crippen LogP contribution is 2.24. The summed E-state index contributed by atoms with van der Waals surface area (Å²) < 4.78 is 4.83. The zero-order valence-electron chi connectivity index (χ0n) is 22.7. The van der Waals surface area contributed by atoms with Crippen molar-refractivity contribution in [2.24, 2.45) is 7.05 Å². The van der Waals surface area contributed by atoms with Gasteiger partial charge in [-0.3, -0.25) is 18.8 Å². The Morgan fingerprint density at radius 2 is 1.83 bits per heavy atom. The van der Waals surface area contributed by atoms with Crippen LogP contribution in [0.3, 0.4) is 0 Å². The van der Waals surface area contributed by atoms with Crippen molar-refractivity contribution in [3.05, 3.63) is 118 Å². The van der Waals surface area contributed by atoms with Gasteiger partial charge >= 0.3 is 0 Å². The minimum atomic E-state index is -0.578. The number of amides is 1. The number of carbonyl (C=O) groups is 1. The van der Waals surface area contributed by atoms with Gasteiger partial charge in [-0.15, -0.1) is 5.10 Å². The number of hydrogen-bond donors (Lipinski definition) is 2. The maximum absolute atomic E-state index is 14.2. The number of anilines is 1. The number of para-hydroxylation sites is 1. The molecule has 0 saturated heterocycles. The highest BCUT2D eigenvalue weighted by atomic mass is 16.2. The summed E-state index contributed by atoms with van der Waals surface area (Å²) in [7, 11) is 1.86. The molecule has 10 nitrogen and oxygen atoms in total. The molecule has 0 bridgehead atoms. The van der Waals surface area contributed by atoms with Gasteiger partial charge in [0.15, 0.2) is 11.5 Å². The lowest BCUT2D eigenvalue weighted by Gasteiger charge is -2.21. The summed E-state index contributed by atoms with van der Waals surface area (Å²) in [5, 5.41) is 12.6. The van der Waals surface area contributed by atoms with Crippen molar-refractivity contribution in [3.63, 3.8) is 0 Å². The number of benzene rings is 2. The highest BCUT2D eigenvalue weighted by Gasteiger charge is 2.24. The second-order valence-corrected chi connectivity index (χ2v) is 9.68. The fourth-order valence-corrected chi connectivity index (χ4v) is 4.87. The van der Waals surface area contributed by atoms with Crippen molar-refractivity contribution >= 4 is 28.1 Å². The quantitative estimate of drug-likeness (QED) is 0.328. The fourth-order valence-electron chi connectivity index (χ4n) is 4.87.